The molecule has 6 aliphatic rings. The van der Waals surface area contributed by atoms with Crippen molar-refractivity contribution in [3.8, 4) is 0 Å². The van der Waals surface area contributed by atoms with Crippen molar-refractivity contribution >= 4 is 60.5 Å². The maximum absolute atomic E-state index is 11.7. The van der Waals surface area contributed by atoms with Crippen LogP contribution in [0.3, 0.4) is 0 Å². The molecular formula is C37H79N4O6S6Y3-3. The van der Waals surface area contributed by atoms with E-state index in [0.29, 0.717) is 17.3 Å². The molecule has 6 heterocycles. The van der Waals surface area contributed by atoms with E-state index in [2.05, 4.69) is 29.5 Å². The summed E-state index contributed by atoms with van der Waals surface area (Å²) >= 11 is 0. The molecule has 6 rings (SSSR count). The van der Waals surface area contributed by atoms with Gasteiger partial charge in [0, 0.05) is 214 Å². The second kappa shape index (κ2) is 37.8. The van der Waals surface area contributed by atoms with Gasteiger partial charge >= 0.3 is 0 Å². The van der Waals surface area contributed by atoms with Gasteiger partial charge in [0.15, 0.2) is 0 Å². The first-order chi connectivity index (χ1) is 24.0. The van der Waals surface area contributed by atoms with Crippen molar-refractivity contribution in [3.63, 3.8) is 0 Å². The Bertz CT molecular complexity index is 1490. The summed E-state index contributed by atoms with van der Waals surface area (Å²) in [6.45, 7) is 11.3. The molecule has 0 amide bonds. The summed E-state index contributed by atoms with van der Waals surface area (Å²) in [6, 6.07) is 0. The molecule has 331 valence electrons. The van der Waals surface area contributed by atoms with Gasteiger partial charge in [0.1, 0.15) is 0 Å². The topological polar surface area (TPSA) is 175 Å². The predicted molar refractivity (Wildman–Crippen MR) is 239 cm³/mol. The van der Waals surface area contributed by atoms with Crippen molar-refractivity contribution in [2.24, 2.45) is 8.73 Å². The summed E-state index contributed by atoms with van der Waals surface area (Å²) in [5.74, 6) is 7.10. The number of hydrogen-bond acceptors (Lipinski definition) is 10. The van der Waals surface area contributed by atoms with Crippen molar-refractivity contribution in [1.29, 1.82) is 9.56 Å². The van der Waals surface area contributed by atoms with Crippen molar-refractivity contribution < 1.29 is 123 Å². The van der Waals surface area contributed by atoms with Gasteiger partial charge in [-0.2, -0.15) is 0 Å². The summed E-state index contributed by atoms with van der Waals surface area (Å²) in [5.41, 5.74) is 0. The van der Waals surface area contributed by atoms with Gasteiger partial charge in [0.25, 0.3) is 0 Å². The van der Waals surface area contributed by atoms with E-state index < -0.39 is 60.5 Å². The summed E-state index contributed by atoms with van der Waals surface area (Å²) < 4.78 is 88.8. The van der Waals surface area contributed by atoms with Crippen LogP contribution in [-0.2, 0) is 159 Å². The third-order valence-electron chi connectivity index (χ3n) is 9.75. The summed E-state index contributed by atoms with van der Waals surface area (Å²) in [5, 5.41) is 0.196. The van der Waals surface area contributed by atoms with E-state index in [1.807, 2.05) is 0 Å². The van der Waals surface area contributed by atoms with Crippen LogP contribution in [0.4, 0.5) is 0 Å². The molecule has 0 spiro atoms. The smallest absolute Gasteiger partial charge is 0.0464 e. The monoisotopic (exact) mass is 1130 g/mol. The summed E-state index contributed by atoms with van der Waals surface area (Å²) in [6.07, 6.45) is 19.9. The van der Waals surface area contributed by atoms with Gasteiger partial charge in [0.2, 0.25) is 0 Å². The maximum atomic E-state index is 11.7. The van der Waals surface area contributed by atoms with Crippen molar-refractivity contribution in [3.05, 3.63) is 20.8 Å². The van der Waals surface area contributed by atoms with Gasteiger partial charge in [-0.05, 0) is 68.6 Å². The van der Waals surface area contributed by atoms with Crippen molar-refractivity contribution in [1.82, 2.24) is 0 Å². The summed E-state index contributed by atoms with van der Waals surface area (Å²) in [4.78, 5) is 0. The number of hydrogen-bond donors (Lipinski definition) is 2. The third-order valence-corrected chi connectivity index (χ3v) is 22.3. The van der Waals surface area contributed by atoms with E-state index in [-0.39, 0.29) is 129 Å². The Labute approximate surface area is 428 Å². The molecule has 6 atom stereocenters. The second-order valence-electron chi connectivity index (χ2n) is 14.1. The first kappa shape index (κ1) is 68.5. The zero-order valence-corrected chi connectivity index (χ0v) is 46.9. The Hall–Kier alpha value is 3.41. The van der Waals surface area contributed by atoms with Crippen molar-refractivity contribution in [2.45, 2.75) is 146 Å². The Morgan fingerprint density at radius 3 is 1.20 bits per heavy atom. The molecule has 10 nitrogen and oxygen atoms in total. The Kier molecular flexibility index (Phi) is 46.2. The first-order valence-electron chi connectivity index (χ1n) is 18.9. The standard InChI is InChI=1S/C7H14NOS.C6H13NOS.C6H12NOS.C6H11OS.C5H11NOS.C5H10OS.2CH4.3Y/c1-7-5-3-4-6-10(7,9)8-2;1-7-9(8)5-3-2-4-6-9;1-6-4-2-3-5-9(6,7)8;1-6-4-2-3-5-8(6)7;6-8(7)4-2-1-3-5-8;6-7-4-2-1-3-5-7;;;;;/h7H,1,3-6H2,2H3;2-6H2,1H3;6-7H,1-5H2;2*6H,1-5H2;1-5H2;2*1H4;;;/q-1;;2*-1;;;;;;;. The Morgan fingerprint density at radius 2 is 0.929 bits per heavy atom. The molecule has 0 aliphatic carbocycles. The number of rotatable bonds is 0. The van der Waals surface area contributed by atoms with E-state index in [0.717, 1.165) is 105 Å². The quantitative estimate of drug-likeness (QED) is 0.230. The van der Waals surface area contributed by atoms with Crippen LogP contribution in [0.25, 0.3) is 0 Å². The van der Waals surface area contributed by atoms with Gasteiger partial charge in [0.05, 0.1) is 0 Å². The van der Waals surface area contributed by atoms with Crippen LogP contribution in [0.5, 0.6) is 0 Å². The SMILES string of the molecule is C.C.CN=S1(=O)CCCCC1.N=S1(=O)CCCCC1.O=S1CCCCC1.[CH2-]C1CCCCS1(=N)=O.[CH2-]C1CCCCS1(=O)=NC.[CH2-]C1CCCCS1=O.[Y].[Y].[Y]. The average Bonchev–Trinajstić information content (AvgIpc) is 3.11. The minimum Gasteiger partial charge on any atom is -0.328 e. The van der Waals surface area contributed by atoms with Gasteiger partial charge in [-0.3, -0.25) is 26.4 Å². The fourth-order valence-corrected chi connectivity index (χ4v) is 15.5. The van der Waals surface area contributed by atoms with Crippen LogP contribution in [0.1, 0.15) is 130 Å². The second-order valence-corrected chi connectivity index (χ2v) is 28.1. The van der Waals surface area contributed by atoms with Crippen LogP contribution < -0.4 is 0 Å². The minimum absolute atomic E-state index is 0. The fraction of sp³-hybridized carbons (Fsp3) is 0.919. The van der Waals surface area contributed by atoms with Gasteiger partial charge in [-0.15, -0.1) is 0 Å². The first-order valence-corrected chi connectivity index (χ1v) is 29.1. The van der Waals surface area contributed by atoms with E-state index in [1.165, 1.54) is 44.9 Å². The largest absolute Gasteiger partial charge is 0.328 e. The maximum Gasteiger partial charge on any atom is 0.0464 e. The molecule has 0 saturated carbocycles. The van der Waals surface area contributed by atoms with Gasteiger partial charge < -0.3 is 20.8 Å². The van der Waals surface area contributed by atoms with Crippen LogP contribution in [0.2, 0.25) is 0 Å². The summed E-state index contributed by atoms with van der Waals surface area (Å²) in [7, 11) is -5.67. The van der Waals surface area contributed by atoms with Crippen LogP contribution >= 0.6 is 0 Å². The van der Waals surface area contributed by atoms with Crippen molar-refractivity contribution in [2.75, 3.05) is 65.9 Å². The Morgan fingerprint density at radius 1 is 0.518 bits per heavy atom. The molecule has 6 saturated heterocycles. The molecule has 19 heteroatoms. The molecule has 0 aromatic heterocycles. The molecule has 6 fully saturated rings. The van der Waals surface area contributed by atoms with E-state index in [1.54, 1.807) is 14.1 Å². The van der Waals surface area contributed by atoms with E-state index in [9.17, 15) is 25.3 Å². The normalized spacial score (nSPS) is 31.4. The van der Waals surface area contributed by atoms with Gasteiger partial charge in [-0.1, -0.05) is 88.4 Å². The van der Waals surface area contributed by atoms with E-state index >= 15 is 0 Å². The zero-order chi connectivity index (χ0) is 38.4. The fourth-order valence-electron chi connectivity index (χ4n) is 6.10. The van der Waals surface area contributed by atoms with Crippen LogP contribution in [-0.4, -0.2) is 107 Å². The average molecular weight is 1140 g/mol. The van der Waals surface area contributed by atoms with E-state index in [4.69, 9.17) is 9.56 Å². The predicted octanol–water partition coefficient (Wildman–Crippen LogP) is 8.68. The molecular weight excluding hydrogens is 1060 g/mol. The Balaban J connectivity index is -0.000000183. The van der Waals surface area contributed by atoms with Gasteiger partial charge in [-0.25, -0.2) is 17.1 Å². The third kappa shape index (κ3) is 31.3. The molecule has 2 N–H and O–H groups in total. The minimum atomic E-state index is -2.27. The number of nitrogens with zero attached hydrogens (tertiary/aromatic N) is 2. The number of nitrogens with one attached hydrogen (secondary N) is 2. The van der Waals surface area contributed by atoms with Crippen LogP contribution in [0, 0.1) is 30.3 Å². The molecule has 56 heavy (non-hydrogen) atoms. The molecule has 0 aromatic rings. The zero-order valence-electron chi connectivity index (χ0n) is 33.5. The molecule has 6 unspecified atom stereocenters. The molecule has 3 radical (unpaired) electrons. The molecule has 6 aliphatic heterocycles. The van der Waals surface area contributed by atoms with Crippen LogP contribution in [0.15, 0.2) is 8.73 Å². The molecule has 0 bridgehead atoms. The molecule has 0 aromatic carbocycles.